The van der Waals surface area contributed by atoms with Gasteiger partial charge in [-0.15, -0.1) is 0 Å². The number of nitrogens with zero attached hydrogens (tertiary/aromatic N) is 1. The number of amides is 2. The van der Waals surface area contributed by atoms with Crippen LogP contribution in [0.1, 0.15) is 62.5 Å². The van der Waals surface area contributed by atoms with Gasteiger partial charge in [-0.3, -0.25) is 14.4 Å². The van der Waals surface area contributed by atoms with Crippen molar-refractivity contribution in [1.82, 2.24) is 20.6 Å². The van der Waals surface area contributed by atoms with Crippen molar-refractivity contribution in [2.24, 2.45) is 0 Å². The Labute approximate surface area is 148 Å². The quantitative estimate of drug-likeness (QED) is 0.720. The SMILES string of the molecule is CCNC(=O)C1(NC(=O)CCc2c(C)nc(C)[nH]c2=O)CCCCC1. The van der Waals surface area contributed by atoms with E-state index in [-0.39, 0.29) is 23.8 Å². The minimum atomic E-state index is -0.807. The van der Waals surface area contributed by atoms with Crippen LogP contribution in [0.25, 0.3) is 0 Å². The van der Waals surface area contributed by atoms with E-state index in [1.165, 1.54) is 0 Å². The number of aryl methyl sites for hydroxylation is 2. The molecule has 1 heterocycles. The van der Waals surface area contributed by atoms with Crippen LogP contribution < -0.4 is 16.2 Å². The van der Waals surface area contributed by atoms with Crippen molar-refractivity contribution in [3.8, 4) is 0 Å². The number of aromatic nitrogens is 2. The first kappa shape index (κ1) is 19.1. The van der Waals surface area contributed by atoms with E-state index in [1.54, 1.807) is 13.8 Å². The summed E-state index contributed by atoms with van der Waals surface area (Å²) >= 11 is 0. The molecule has 0 saturated heterocycles. The van der Waals surface area contributed by atoms with E-state index in [0.29, 0.717) is 42.9 Å². The van der Waals surface area contributed by atoms with Gasteiger partial charge >= 0.3 is 0 Å². The lowest BCUT2D eigenvalue weighted by Crippen LogP contribution is -2.59. The Morgan fingerprint density at radius 2 is 1.88 bits per heavy atom. The normalized spacial score (nSPS) is 16.3. The third-order valence-corrected chi connectivity index (χ3v) is 4.80. The highest BCUT2D eigenvalue weighted by atomic mass is 16.2. The molecule has 7 nitrogen and oxygen atoms in total. The van der Waals surface area contributed by atoms with Gasteiger partial charge < -0.3 is 15.6 Å². The van der Waals surface area contributed by atoms with Gasteiger partial charge in [-0.25, -0.2) is 4.98 Å². The van der Waals surface area contributed by atoms with E-state index >= 15 is 0 Å². The lowest BCUT2D eigenvalue weighted by molar-refractivity contribution is -0.135. The number of hydrogen-bond donors (Lipinski definition) is 3. The van der Waals surface area contributed by atoms with Crippen LogP contribution in [-0.4, -0.2) is 33.9 Å². The molecular formula is C18H28N4O3. The third-order valence-electron chi connectivity index (χ3n) is 4.80. The Morgan fingerprint density at radius 3 is 2.48 bits per heavy atom. The second-order valence-corrected chi connectivity index (χ2v) is 6.77. The summed E-state index contributed by atoms with van der Waals surface area (Å²) in [5, 5.41) is 5.79. The summed E-state index contributed by atoms with van der Waals surface area (Å²) in [4.78, 5) is 43.9. The third kappa shape index (κ3) is 4.67. The fraction of sp³-hybridized carbons (Fsp3) is 0.667. The van der Waals surface area contributed by atoms with Crippen LogP contribution in [0.4, 0.5) is 0 Å². The molecule has 0 unspecified atom stereocenters. The first-order valence-electron chi connectivity index (χ1n) is 9.03. The van der Waals surface area contributed by atoms with E-state index in [9.17, 15) is 14.4 Å². The van der Waals surface area contributed by atoms with E-state index in [1.807, 2.05) is 6.92 Å². The van der Waals surface area contributed by atoms with Crippen molar-refractivity contribution in [1.29, 1.82) is 0 Å². The number of aromatic amines is 1. The molecule has 0 bridgehead atoms. The summed E-state index contributed by atoms with van der Waals surface area (Å²) in [5.41, 5.74) is 0.161. The fourth-order valence-corrected chi connectivity index (χ4v) is 3.51. The van der Waals surface area contributed by atoms with E-state index in [2.05, 4.69) is 20.6 Å². The summed E-state index contributed by atoms with van der Waals surface area (Å²) < 4.78 is 0. The number of H-pyrrole nitrogens is 1. The van der Waals surface area contributed by atoms with Crippen molar-refractivity contribution >= 4 is 11.8 Å². The molecule has 0 radical (unpaired) electrons. The van der Waals surface area contributed by atoms with Crippen LogP contribution in [0, 0.1) is 13.8 Å². The van der Waals surface area contributed by atoms with Crippen LogP contribution in [-0.2, 0) is 16.0 Å². The fourth-order valence-electron chi connectivity index (χ4n) is 3.51. The monoisotopic (exact) mass is 348 g/mol. The van der Waals surface area contributed by atoms with Crippen LogP contribution >= 0.6 is 0 Å². The van der Waals surface area contributed by atoms with Crippen molar-refractivity contribution in [2.45, 2.75) is 71.3 Å². The van der Waals surface area contributed by atoms with Crippen molar-refractivity contribution < 1.29 is 9.59 Å². The molecule has 2 rings (SSSR count). The average Bonchev–Trinajstić information content (AvgIpc) is 2.54. The Morgan fingerprint density at radius 1 is 1.20 bits per heavy atom. The van der Waals surface area contributed by atoms with Gasteiger partial charge in [0.2, 0.25) is 11.8 Å². The molecule has 138 valence electrons. The van der Waals surface area contributed by atoms with Gasteiger partial charge in [0, 0.05) is 24.2 Å². The molecule has 25 heavy (non-hydrogen) atoms. The van der Waals surface area contributed by atoms with Crippen LogP contribution in [0.3, 0.4) is 0 Å². The zero-order chi connectivity index (χ0) is 18.4. The number of nitrogens with one attached hydrogen (secondary N) is 3. The van der Waals surface area contributed by atoms with E-state index < -0.39 is 5.54 Å². The standard InChI is InChI=1S/C18H28N4O3/c1-4-19-17(25)18(10-6-5-7-11-18)22-15(23)9-8-14-12(2)20-13(3)21-16(14)24/h4-11H2,1-3H3,(H,19,25)(H,22,23)(H,20,21,24). The molecule has 1 aromatic heterocycles. The molecule has 1 fully saturated rings. The number of rotatable bonds is 6. The number of carbonyl (C=O) groups excluding carboxylic acids is 2. The molecule has 0 spiro atoms. The van der Waals surface area contributed by atoms with Gasteiger partial charge in [0.15, 0.2) is 0 Å². The van der Waals surface area contributed by atoms with Gasteiger partial charge in [0.25, 0.3) is 5.56 Å². The minimum absolute atomic E-state index is 0.103. The maximum atomic E-state index is 12.5. The second-order valence-electron chi connectivity index (χ2n) is 6.77. The maximum absolute atomic E-state index is 12.5. The zero-order valence-corrected chi connectivity index (χ0v) is 15.3. The molecule has 0 aliphatic heterocycles. The molecule has 0 aromatic carbocycles. The summed E-state index contributed by atoms with van der Waals surface area (Å²) in [6.45, 7) is 5.91. The summed E-state index contributed by atoms with van der Waals surface area (Å²) in [5.74, 6) is 0.259. The molecule has 7 heteroatoms. The highest BCUT2D eigenvalue weighted by Gasteiger charge is 2.40. The molecule has 1 aliphatic carbocycles. The topological polar surface area (TPSA) is 104 Å². The average molecular weight is 348 g/mol. The summed E-state index contributed by atoms with van der Waals surface area (Å²) in [6, 6.07) is 0. The molecular weight excluding hydrogens is 320 g/mol. The molecule has 1 saturated carbocycles. The van der Waals surface area contributed by atoms with Crippen LogP contribution in [0.5, 0.6) is 0 Å². The predicted molar refractivity (Wildman–Crippen MR) is 95.3 cm³/mol. The Kier molecular flexibility index (Phi) is 6.33. The predicted octanol–water partition coefficient (Wildman–Crippen LogP) is 1.27. The first-order chi connectivity index (χ1) is 11.9. The van der Waals surface area contributed by atoms with Crippen molar-refractivity contribution in [3.05, 3.63) is 27.4 Å². The highest BCUT2D eigenvalue weighted by Crippen LogP contribution is 2.28. The molecule has 3 N–H and O–H groups in total. The van der Waals surface area contributed by atoms with E-state index in [4.69, 9.17) is 0 Å². The number of hydrogen-bond acceptors (Lipinski definition) is 4. The Balaban J connectivity index is 2.04. The lowest BCUT2D eigenvalue weighted by atomic mass is 9.80. The minimum Gasteiger partial charge on any atom is -0.354 e. The van der Waals surface area contributed by atoms with Crippen LogP contribution in [0.2, 0.25) is 0 Å². The van der Waals surface area contributed by atoms with Crippen molar-refractivity contribution in [2.75, 3.05) is 6.54 Å². The lowest BCUT2D eigenvalue weighted by Gasteiger charge is -2.36. The van der Waals surface area contributed by atoms with Gasteiger partial charge in [-0.2, -0.15) is 0 Å². The summed E-state index contributed by atoms with van der Waals surface area (Å²) in [6.07, 6.45) is 4.74. The van der Waals surface area contributed by atoms with Gasteiger partial charge in [-0.1, -0.05) is 19.3 Å². The van der Waals surface area contributed by atoms with Crippen molar-refractivity contribution in [3.63, 3.8) is 0 Å². The van der Waals surface area contributed by atoms with Crippen LogP contribution in [0.15, 0.2) is 4.79 Å². The van der Waals surface area contributed by atoms with E-state index in [0.717, 1.165) is 19.3 Å². The zero-order valence-electron chi connectivity index (χ0n) is 15.3. The summed E-state index contributed by atoms with van der Waals surface area (Å²) in [7, 11) is 0. The molecule has 2 amide bonds. The number of likely N-dealkylation sites (N-methyl/N-ethyl adjacent to an activating group) is 1. The molecule has 0 atom stereocenters. The molecule has 1 aromatic rings. The Hall–Kier alpha value is -2.18. The largest absolute Gasteiger partial charge is 0.354 e. The first-order valence-corrected chi connectivity index (χ1v) is 9.03. The second kappa shape index (κ2) is 8.27. The smallest absolute Gasteiger partial charge is 0.254 e. The van der Waals surface area contributed by atoms with Gasteiger partial charge in [-0.05, 0) is 40.0 Å². The maximum Gasteiger partial charge on any atom is 0.254 e. The van der Waals surface area contributed by atoms with Gasteiger partial charge in [0.1, 0.15) is 11.4 Å². The molecule has 1 aliphatic rings. The van der Waals surface area contributed by atoms with Gasteiger partial charge in [0.05, 0.1) is 0 Å². The Bertz CT molecular complexity index is 690. The highest BCUT2D eigenvalue weighted by molar-refractivity contribution is 5.91. The number of carbonyl (C=O) groups is 2.